The molecule has 0 saturated carbocycles. The van der Waals surface area contributed by atoms with E-state index in [2.05, 4.69) is 0 Å². The predicted molar refractivity (Wildman–Crippen MR) is 113 cm³/mol. The molecule has 9 heteroatoms. The van der Waals surface area contributed by atoms with Crippen LogP contribution in [0.25, 0.3) is 0 Å². The summed E-state index contributed by atoms with van der Waals surface area (Å²) in [4.78, 5) is 24.2. The van der Waals surface area contributed by atoms with Gasteiger partial charge in [-0.3, -0.25) is 0 Å². The molecule has 0 bridgehead atoms. The van der Waals surface area contributed by atoms with Crippen LogP contribution in [0.2, 0.25) is 0 Å². The number of ether oxygens (including phenoxy) is 4. The Morgan fingerprint density at radius 1 is 0.828 bits per heavy atom. The van der Waals surface area contributed by atoms with Crippen molar-refractivity contribution in [3.8, 4) is 11.5 Å². The summed E-state index contributed by atoms with van der Waals surface area (Å²) < 4.78 is 48.8. The first-order valence-electron chi connectivity index (χ1n) is 9.06. The first-order valence-corrected chi connectivity index (χ1v) is 11.8. The summed E-state index contributed by atoms with van der Waals surface area (Å²) in [7, 11) is 0. The Hall–Kier alpha value is -1.65. The zero-order valence-corrected chi connectivity index (χ0v) is 20.1. The summed E-state index contributed by atoms with van der Waals surface area (Å²) in [5.41, 5.74) is -1.46. The van der Waals surface area contributed by atoms with E-state index in [9.17, 15) is 15.3 Å². The molecule has 166 valence electrons. The summed E-state index contributed by atoms with van der Waals surface area (Å²) in [6, 6.07) is 4.13. The molecular weight excluding hydrogens is 501 g/mol. The number of benzene rings is 1. The van der Waals surface area contributed by atoms with E-state index < -0.39 is 59.9 Å². The molecule has 0 heterocycles. The molecule has 0 fully saturated rings. The minimum atomic E-state index is -4.61. The van der Waals surface area contributed by atoms with Gasteiger partial charge in [0.2, 0.25) is 0 Å². The SMILES string of the molecule is C[C@@H](Oc1cccc(O[C@H](C)C(=O)OC(C)(C)C)c1I(F)F)C(=O)OC(C)(C)C. The van der Waals surface area contributed by atoms with Crippen LogP contribution in [0.15, 0.2) is 18.2 Å². The van der Waals surface area contributed by atoms with Crippen LogP contribution in [0.1, 0.15) is 55.4 Å². The zero-order chi connectivity index (χ0) is 22.6. The molecule has 0 aliphatic rings. The molecule has 2 atom stereocenters. The maximum atomic E-state index is 13.9. The Kier molecular flexibility index (Phi) is 8.67. The van der Waals surface area contributed by atoms with Crippen molar-refractivity contribution in [2.24, 2.45) is 0 Å². The van der Waals surface area contributed by atoms with Crippen LogP contribution in [0.3, 0.4) is 0 Å². The summed E-state index contributed by atoms with van der Waals surface area (Å²) in [5.74, 6) is -1.66. The quantitative estimate of drug-likeness (QED) is 0.350. The fourth-order valence-corrected chi connectivity index (χ4v) is 3.48. The standard InChI is InChI=1S/C20H29F2IO6/c1-12(17(24)28-19(3,4)5)26-14-10-9-11-15(16(14)23(21)22)27-13(2)18(25)29-20(6,7)8/h9-13H,1-8H3/t12-,13-/m1/s1. The molecule has 0 amide bonds. The molecule has 0 radical (unpaired) electrons. The Bertz CT molecular complexity index is 670. The van der Waals surface area contributed by atoms with Crippen molar-refractivity contribution in [1.82, 2.24) is 0 Å². The van der Waals surface area contributed by atoms with Crippen molar-refractivity contribution in [3.63, 3.8) is 0 Å². The molecule has 0 unspecified atom stereocenters. The average molecular weight is 530 g/mol. The van der Waals surface area contributed by atoms with Crippen LogP contribution in [0, 0.1) is 3.57 Å². The van der Waals surface area contributed by atoms with E-state index in [1.165, 1.54) is 32.0 Å². The second-order valence-corrected chi connectivity index (χ2v) is 10.6. The van der Waals surface area contributed by atoms with Crippen LogP contribution in [-0.2, 0) is 19.1 Å². The molecule has 29 heavy (non-hydrogen) atoms. The van der Waals surface area contributed by atoms with E-state index in [0.29, 0.717) is 0 Å². The summed E-state index contributed by atoms with van der Waals surface area (Å²) in [5, 5.41) is 0. The van der Waals surface area contributed by atoms with Crippen molar-refractivity contribution in [3.05, 3.63) is 21.8 Å². The fourth-order valence-electron chi connectivity index (χ4n) is 2.06. The number of carbonyl (C=O) groups excluding carboxylic acids is 2. The van der Waals surface area contributed by atoms with Gasteiger partial charge in [-0.1, -0.05) is 0 Å². The van der Waals surface area contributed by atoms with Gasteiger partial charge in [-0.15, -0.1) is 0 Å². The number of halogens is 3. The van der Waals surface area contributed by atoms with E-state index in [0.717, 1.165) is 0 Å². The number of hydrogen-bond acceptors (Lipinski definition) is 6. The molecule has 6 nitrogen and oxygen atoms in total. The van der Waals surface area contributed by atoms with Crippen LogP contribution >= 0.6 is 21.0 Å². The molecule has 1 aromatic rings. The number of rotatable bonds is 7. The maximum absolute atomic E-state index is 13.9. The first kappa shape index (κ1) is 25.4. The normalized spacial score (nSPS) is 14.5. The topological polar surface area (TPSA) is 71.1 Å². The van der Waals surface area contributed by atoms with Gasteiger partial charge in [0.25, 0.3) is 0 Å². The van der Waals surface area contributed by atoms with Crippen molar-refractivity contribution in [2.75, 3.05) is 0 Å². The number of hydrogen-bond donors (Lipinski definition) is 0. The third-order valence-electron chi connectivity index (χ3n) is 3.16. The van der Waals surface area contributed by atoms with Crippen LogP contribution < -0.4 is 9.47 Å². The summed E-state index contributed by atoms with van der Waals surface area (Å²) >= 11 is -4.61. The first-order chi connectivity index (χ1) is 13.1. The summed E-state index contributed by atoms with van der Waals surface area (Å²) in [6.45, 7) is 13.0. The van der Waals surface area contributed by atoms with E-state index >= 15 is 0 Å². The summed E-state index contributed by atoms with van der Waals surface area (Å²) in [6.07, 6.45) is -2.19. The van der Waals surface area contributed by atoms with Gasteiger partial charge >= 0.3 is 179 Å². The van der Waals surface area contributed by atoms with Gasteiger partial charge in [-0.2, -0.15) is 0 Å². The van der Waals surface area contributed by atoms with E-state index in [1.54, 1.807) is 41.5 Å². The molecule has 0 aliphatic heterocycles. The Balaban J connectivity index is 3.06. The second-order valence-electron chi connectivity index (χ2n) is 8.35. The number of carbonyl (C=O) groups is 2. The molecule has 0 saturated heterocycles. The molecule has 0 N–H and O–H groups in total. The predicted octanol–water partition coefficient (Wildman–Crippen LogP) is 5.35. The van der Waals surface area contributed by atoms with Gasteiger partial charge in [-0.25, -0.2) is 0 Å². The zero-order valence-electron chi connectivity index (χ0n) is 18.0. The minimum absolute atomic E-state index is 0.160. The fraction of sp³-hybridized carbons (Fsp3) is 0.600. The van der Waals surface area contributed by atoms with Crippen molar-refractivity contribution in [1.29, 1.82) is 0 Å². The van der Waals surface area contributed by atoms with Crippen molar-refractivity contribution < 1.29 is 34.3 Å². The van der Waals surface area contributed by atoms with E-state index in [4.69, 9.17) is 18.9 Å². The average Bonchev–Trinajstić information content (AvgIpc) is 2.51. The third kappa shape index (κ3) is 8.71. The van der Waals surface area contributed by atoms with E-state index in [-0.39, 0.29) is 11.5 Å². The third-order valence-corrected chi connectivity index (χ3v) is 5.03. The van der Waals surface area contributed by atoms with Gasteiger partial charge < -0.3 is 0 Å². The Labute approximate surface area is 179 Å². The van der Waals surface area contributed by atoms with Crippen LogP contribution in [0.5, 0.6) is 11.5 Å². The van der Waals surface area contributed by atoms with Crippen molar-refractivity contribution in [2.45, 2.75) is 78.8 Å². The van der Waals surface area contributed by atoms with E-state index in [1.807, 2.05) is 0 Å². The van der Waals surface area contributed by atoms with Gasteiger partial charge in [0.05, 0.1) is 0 Å². The van der Waals surface area contributed by atoms with Crippen LogP contribution in [-0.4, -0.2) is 35.3 Å². The number of esters is 2. The van der Waals surface area contributed by atoms with Crippen LogP contribution in [0.4, 0.5) is 5.72 Å². The molecule has 0 spiro atoms. The molecule has 0 aliphatic carbocycles. The van der Waals surface area contributed by atoms with Gasteiger partial charge in [-0.05, 0) is 0 Å². The monoisotopic (exact) mass is 530 g/mol. The second kappa shape index (κ2) is 9.90. The molecule has 1 rings (SSSR count). The molecular formula is C20H29F2IO6. The van der Waals surface area contributed by atoms with Gasteiger partial charge in [0, 0.05) is 0 Å². The van der Waals surface area contributed by atoms with Crippen molar-refractivity contribution >= 4 is 32.9 Å². The Morgan fingerprint density at radius 3 is 1.45 bits per heavy atom. The Morgan fingerprint density at radius 2 is 1.17 bits per heavy atom. The van der Waals surface area contributed by atoms with Gasteiger partial charge in [0.15, 0.2) is 0 Å². The molecule has 0 aromatic heterocycles. The van der Waals surface area contributed by atoms with Gasteiger partial charge in [0.1, 0.15) is 0 Å². The molecule has 1 aromatic carbocycles.